The van der Waals surface area contributed by atoms with Gasteiger partial charge >= 0.3 is 0 Å². The van der Waals surface area contributed by atoms with Crippen LogP contribution in [0.15, 0.2) is 0 Å². The number of carbonyl (C=O) groups excluding carboxylic acids is 1. The zero-order valence-corrected chi connectivity index (χ0v) is 9.93. The zero-order chi connectivity index (χ0) is 12.1. The van der Waals surface area contributed by atoms with Crippen molar-refractivity contribution in [3.05, 3.63) is 0 Å². The van der Waals surface area contributed by atoms with Gasteiger partial charge in [0, 0.05) is 39.1 Å². The highest BCUT2D eigenvalue weighted by atomic mass is 16.1. The maximum absolute atomic E-state index is 11.1. The average Bonchev–Trinajstić information content (AvgIpc) is 2.30. The monoisotopic (exact) mass is 231 g/mol. The van der Waals surface area contributed by atoms with Crippen molar-refractivity contribution in [1.29, 1.82) is 0 Å². The number of hydrogen-bond acceptors (Lipinski definition) is 5. The molecule has 0 bridgehead atoms. The van der Waals surface area contributed by atoms with Crippen LogP contribution < -0.4 is 27.4 Å². The molecule has 1 amide bonds. The van der Waals surface area contributed by atoms with Gasteiger partial charge in [0.25, 0.3) is 0 Å². The molecule has 0 fully saturated rings. The Kier molecular flexibility index (Phi) is 11.8. The van der Waals surface area contributed by atoms with E-state index in [4.69, 9.17) is 11.5 Å². The summed E-state index contributed by atoms with van der Waals surface area (Å²) in [6.07, 6.45) is 1.56. The Balaban J connectivity index is 3.05. The van der Waals surface area contributed by atoms with Crippen molar-refractivity contribution in [2.75, 3.05) is 45.8 Å². The molecule has 0 heterocycles. The van der Waals surface area contributed by atoms with Gasteiger partial charge in [0.15, 0.2) is 0 Å². The normalized spacial score (nSPS) is 10.4. The standard InChI is InChI=1S/C10H25N5O/c11-3-8-14-6-1-5-13-7-2-10(16)15-9-4-12/h13-14H,1-9,11-12H2,(H,15,16). The van der Waals surface area contributed by atoms with Crippen molar-refractivity contribution in [2.24, 2.45) is 11.5 Å². The molecule has 0 aliphatic carbocycles. The smallest absolute Gasteiger partial charge is 0.221 e. The van der Waals surface area contributed by atoms with Gasteiger partial charge in [-0.2, -0.15) is 0 Å². The molecule has 6 heteroatoms. The molecule has 0 spiro atoms. The van der Waals surface area contributed by atoms with E-state index in [1.807, 2.05) is 0 Å². The minimum Gasteiger partial charge on any atom is -0.355 e. The maximum atomic E-state index is 11.1. The van der Waals surface area contributed by atoms with Crippen LogP contribution in [-0.2, 0) is 4.79 Å². The van der Waals surface area contributed by atoms with Gasteiger partial charge in [-0.25, -0.2) is 0 Å². The van der Waals surface area contributed by atoms with E-state index in [1.54, 1.807) is 0 Å². The molecule has 0 saturated carbocycles. The van der Waals surface area contributed by atoms with E-state index in [1.165, 1.54) is 0 Å². The molecule has 6 nitrogen and oxygen atoms in total. The topological polar surface area (TPSA) is 105 Å². The number of rotatable bonds is 11. The van der Waals surface area contributed by atoms with Gasteiger partial charge in [0.05, 0.1) is 0 Å². The predicted molar refractivity (Wildman–Crippen MR) is 66.1 cm³/mol. The van der Waals surface area contributed by atoms with Crippen LogP contribution in [0.2, 0.25) is 0 Å². The Morgan fingerprint density at radius 3 is 2.12 bits per heavy atom. The number of amides is 1. The second-order valence-corrected chi connectivity index (χ2v) is 3.53. The molecule has 0 rings (SSSR count). The largest absolute Gasteiger partial charge is 0.355 e. The van der Waals surface area contributed by atoms with Crippen molar-refractivity contribution in [3.63, 3.8) is 0 Å². The highest BCUT2D eigenvalue weighted by molar-refractivity contribution is 5.75. The SMILES string of the molecule is NCCNCCCNCCC(=O)NCCN. The molecular formula is C10H25N5O. The van der Waals surface area contributed by atoms with Crippen LogP contribution in [0.1, 0.15) is 12.8 Å². The second-order valence-electron chi connectivity index (χ2n) is 3.53. The first-order chi connectivity index (χ1) is 7.81. The molecule has 0 aromatic rings. The minimum absolute atomic E-state index is 0.0548. The molecule has 0 aromatic carbocycles. The van der Waals surface area contributed by atoms with E-state index in [0.717, 1.165) is 26.1 Å². The molecule has 0 aliphatic heterocycles. The Morgan fingerprint density at radius 2 is 1.50 bits per heavy atom. The third-order valence-electron chi connectivity index (χ3n) is 2.02. The van der Waals surface area contributed by atoms with Gasteiger partial charge in [0.2, 0.25) is 5.91 Å². The summed E-state index contributed by atoms with van der Waals surface area (Å²) in [6, 6.07) is 0. The first-order valence-corrected chi connectivity index (χ1v) is 5.89. The molecule has 0 aliphatic rings. The lowest BCUT2D eigenvalue weighted by atomic mass is 10.3. The van der Waals surface area contributed by atoms with Crippen LogP contribution in [0, 0.1) is 0 Å². The van der Waals surface area contributed by atoms with Gasteiger partial charge in [-0.1, -0.05) is 0 Å². The summed E-state index contributed by atoms with van der Waals surface area (Å²) in [5.41, 5.74) is 10.6. The zero-order valence-electron chi connectivity index (χ0n) is 9.93. The molecular weight excluding hydrogens is 206 g/mol. The Bertz CT molecular complexity index is 165. The van der Waals surface area contributed by atoms with E-state index >= 15 is 0 Å². The number of nitrogens with one attached hydrogen (secondary N) is 3. The third-order valence-corrected chi connectivity index (χ3v) is 2.02. The van der Waals surface area contributed by atoms with E-state index in [-0.39, 0.29) is 5.91 Å². The van der Waals surface area contributed by atoms with Crippen molar-refractivity contribution in [2.45, 2.75) is 12.8 Å². The van der Waals surface area contributed by atoms with Gasteiger partial charge in [-0.3, -0.25) is 4.79 Å². The van der Waals surface area contributed by atoms with E-state index in [2.05, 4.69) is 16.0 Å². The molecule has 0 aromatic heterocycles. The van der Waals surface area contributed by atoms with Crippen LogP contribution in [0.4, 0.5) is 0 Å². The van der Waals surface area contributed by atoms with Gasteiger partial charge in [-0.15, -0.1) is 0 Å². The third kappa shape index (κ3) is 11.4. The maximum Gasteiger partial charge on any atom is 0.221 e. The minimum atomic E-state index is 0.0548. The molecule has 96 valence electrons. The molecule has 0 radical (unpaired) electrons. The number of carbonyl (C=O) groups is 1. The van der Waals surface area contributed by atoms with Crippen LogP contribution in [-0.4, -0.2) is 51.7 Å². The highest BCUT2D eigenvalue weighted by Gasteiger charge is 1.98. The lowest BCUT2D eigenvalue weighted by Crippen LogP contribution is -2.32. The summed E-state index contributed by atoms with van der Waals surface area (Å²) in [5.74, 6) is 0.0548. The fraction of sp³-hybridized carbons (Fsp3) is 0.900. The first-order valence-electron chi connectivity index (χ1n) is 5.89. The quantitative estimate of drug-likeness (QED) is 0.264. The van der Waals surface area contributed by atoms with Crippen LogP contribution in [0.5, 0.6) is 0 Å². The van der Waals surface area contributed by atoms with Gasteiger partial charge in [0.1, 0.15) is 0 Å². The fourth-order valence-corrected chi connectivity index (χ4v) is 1.19. The summed E-state index contributed by atoms with van der Waals surface area (Å²) in [6.45, 7) is 5.18. The number of nitrogens with two attached hydrogens (primary N) is 2. The van der Waals surface area contributed by atoms with Crippen LogP contribution >= 0.6 is 0 Å². The lowest BCUT2D eigenvalue weighted by molar-refractivity contribution is -0.120. The van der Waals surface area contributed by atoms with Gasteiger partial charge in [-0.05, 0) is 19.5 Å². The van der Waals surface area contributed by atoms with Crippen molar-refractivity contribution >= 4 is 5.91 Å². The fourth-order valence-electron chi connectivity index (χ4n) is 1.19. The molecule has 0 saturated heterocycles. The van der Waals surface area contributed by atoms with Crippen molar-refractivity contribution in [3.8, 4) is 0 Å². The summed E-state index contributed by atoms with van der Waals surface area (Å²) < 4.78 is 0. The predicted octanol–water partition coefficient (Wildman–Crippen LogP) is -2.02. The summed E-state index contributed by atoms with van der Waals surface area (Å²) >= 11 is 0. The van der Waals surface area contributed by atoms with E-state index in [0.29, 0.717) is 32.6 Å². The van der Waals surface area contributed by atoms with E-state index in [9.17, 15) is 4.79 Å². The van der Waals surface area contributed by atoms with E-state index < -0.39 is 0 Å². The van der Waals surface area contributed by atoms with Crippen LogP contribution in [0.25, 0.3) is 0 Å². The lowest BCUT2D eigenvalue weighted by Gasteiger charge is -2.06. The Hall–Kier alpha value is -0.690. The highest BCUT2D eigenvalue weighted by Crippen LogP contribution is 1.78. The van der Waals surface area contributed by atoms with Gasteiger partial charge < -0.3 is 27.4 Å². The second kappa shape index (κ2) is 12.4. The molecule has 0 unspecified atom stereocenters. The van der Waals surface area contributed by atoms with Crippen LogP contribution in [0.3, 0.4) is 0 Å². The van der Waals surface area contributed by atoms with Crippen molar-refractivity contribution < 1.29 is 4.79 Å². The molecule has 7 N–H and O–H groups in total. The number of hydrogen-bond donors (Lipinski definition) is 5. The average molecular weight is 231 g/mol. The first kappa shape index (κ1) is 15.3. The Morgan fingerprint density at radius 1 is 0.875 bits per heavy atom. The van der Waals surface area contributed by atoms with Crippen molar-refractivity contribution in [1.82, 2.24) is 16.0 Å². The summed E-state index contributed by atoms with van der Waals surface area (Å²) in [4.78, 5) is 11.1. The molecule has 16 heavy (non-hydrogen) atoms. The molecule has 0 atom stereocenters. The summed E-state index contributed by atoms with van der Waals surface area (Å²) in [7, 11) is 0. The summed E-state index contributed by atoms with van der Waals surface area (Å²) in [5, 5.41) is 9.13. The Labute approximate surface area is 97.5 Å².